The Bertz CT molecular complexity index is 780. The zero-order valence-electron chi connectivity index (χ0n) is 16.0. The molecule has 2 rings (SSSR count). The fourth-order valence-corrected chi connectivity index (χ4v) is 4.59. The Kier molecular flexibility index (Phi) is 6.98. The minimum absolute atomic E-state index is 0.0559. The van der Waals surface area contributed by atoms with Crippen LogP contribution in [-0.2, 0) is 22.0 Å². The number of carbonyl (C=O) groups is 1. The van der Waals surface area contributed by atoms with Crippen LogP contribution in [0.15, 0.2) is 5.38 Å². The molecule has 0 aliphatic carbocycles. The van der Waals surface area contributed by atoms with Crippen molar-refractivity contribution in [2.45, 2.75) is 51.1 Å². The molecule has 0 bridgehead atoms. The number of nitrogens with one attached hydrogen (secondary N) is 2. The molecule has 0 unspecified atom stereocenters. The summed E-state index contributed by atoms with van der Waals surface area (Å²) in [6, 6.07) is -0.393. The average Bonchev–Trinajstić information content (AvgIpc) is 3.07. The van der Waals surface area contributed by atoms with Crippen LogP contribution < -0.4 is 10.6 Å². The van der Waals surface area contributed by atoms with Gasteiger partial charge in [-0.25, -0.2) is 18.2 Å². The lowest BCUT2D eigenvalue weighted by molar-refractivity contribution is -0.0496. The minimum atomic E-state index is -5.28. The van der Waals surface area contributed by atoms with Gasteiger partial charge in [0.15, 0.2) is 0 Å². The second-order valence-electron chi connectivity index (χ2n) is 7.75. The Morgan fingerprint density at radius 3 is 2.36 bits per heavy atom. The fourth-order valence-electron chi connectivity index (χ4n) is 2.70. The first-order valence-electron chi connectivity index (χ1n) is 8.83. The number of amides is 2. The Hall–Kier alpha value is -1.40. The Morgan fingerprint density at radius 2 is 1.86 bits per heavy atom. The van der Waals surface area contributed by atoms with E-state index in [9.17, 15) is 26.4 Å². The van der Waals surface area contributed by atoms with Crippen LogP contribution in [0.1, 0.15) is 44.3 Å². The molecule has 2 heterocycles. The lowest BCUT2D eigenvalue weighted by Gasteiger charge is -2.31. The van der Waals surface area contributed by atoms with E-state index < -0.39 is 21.6 Å². The van der Waals surface area contributed by atoms with Crippen LogP contribution in [0.3, 0.4) is 0 Å². The third-order valence-corrected chi connectivity index (χ3v) is 7.33. The molecule has 1 aromatic rings. The van der Waals surface area contributed by atoms with E-state index >= 15 is 0 Å². The summed E-state index contributed by atoms with van der Waals surface area (Å²) in [5.41, 5.74) is -4.57. The van der Waals surface area contributed by atoms with E-state index in [0.29, 0.717) is 4.31 Å². The molecule has 0 atom stereocenters. The number of alkyl halides is 3. The summed E-state index contributed by atoms with van der Waals surface area (Å²) < 4.78 is 60.9. The number of carbonyl (C=O) groups excluding carboxylic acids is 1. The van der Waals surface area contributed by atoms with Crippen molar-refractivity contribution < 1.29 is 26.4 Å². The van der Waals surface area contributed by atoms with Gasteiger partial charge < -0.3 is 10.6 Å². The molecule has 0 radical (unpaired) electrons. The van der Waals surface area contributed by atoms with Crippen molar-refractivity contribution in [1.29, 1.82) is 0 Å². The van der Waals surface area contributed by atoms with E-state index in [-0.39, 0.29) is 50.4 Å². The molecule has 160 valence electrons. The lowest BCUT2D eigenvalue weighted by atomic mass is 9.98. The second kappa shape index (κ2) is 8.54. The largest absolute Gasteiger partial charge is 0.511 e. The molecule has 1 aliphatic rings. The van der Waals surface area contributed by atoms with Gasteiger partial charge in [-0.15, -0.1) is 11.3 Å². The van der Waals surface area contributed by atoms with Crippen LogP contribution in [0.5, 0.6) is 0 Å². The molecule has 7 nitrogen and oxygen atoms in total. The average molecular weight is 443 g/mol. The number of nitrogens with zero attached hydrogens (tertiary/aromatic N) is 2. The van der Waals surface area contributed by atoms with Gasteiger partial charge in [-0.05, 0) is 18.8 Å². The lowest BCUT2D eigenvalue weighted by Crippen LogP contribution is -2.47. The Labute approximate surface area is 166 Å². The highest BCUT2D eigenvalue weighted by Crippen LogP contribution is 2.30. The molecule has 0 spiro atoms. The van der Waals surface area contributed by atoms with Crippen LogP contribution in [0.25, 0.3) is 0 Å². The van der Waals surface area contributed by atoms with Gasteiger partial charge >= 0.3 is 21.6 Å². The predicted octanol–water partition coefficient (Wildman–Crippen LogP) is 2.80. The first kappa shape index (κ1) is 22.9. The van der Waals surface area contributed by atoms with E-state index in [1.165, 1.54) is 11.3 Å². The van der Waals surface area contributed by atoms with Gasteiger partial charge in [-0.1, -0.05) is 20.8 Å². The maximum absolute atomic E-state index is 12.6. The summed E-state index contributed by atoms with van der Waals surface area (Å²) in [6.07, 6.45) is 0.521. The Balaban J connectivity index is 1.72. The van der Waals surface area contributed by atoms with Crippen molar-refractivity contribution in [2.75, 3.05) is 19.6 Å². The highest BCUT2D eigenvalue weighted by Gasteiger charge is 2.50. The molecular formula is C16H25F3N4O3S2. The molecular weight excluding hydrogens is 417 g/mol. The molecule has 28 heavy (non-hydrogen) atoms. The van der Waals surface area contributed by atoms with Gasteiger partial charge in [0.2, 0.25) is 0 Å². The number of rotatable bonds is 5. The third kappa shape index (κ3) is 5.80. The standard InChI is InChI=1S/C16H25F3N4O3S2/c1-15(2,3)13-22-12(10-27-13)9-21-14(24)20-8-11-4-6-23(7-5-11)28(25,26)16(17,18)19/h10-11H,4-9H2,1-3H3,(H2,20,21,24). The number of piperidine rings is 1. The van der Waals surface area contributed by atoms with Gasteiger partial charge in [-0.2, -0.15) is 17.5 Å². The van der Waals surface area contributed by atoms with Gasteiger partial charge in [0.25, 0.3) is 0 Å². The van der Waals surface area contributed by atoms with Gasteiger partial charge in [-0.3, -0.25) is 0 Å². The fraction of sp³-hybridized carbons (Fsp3) is 0.750. The predicted molar refractivity (Wildman–Crippen MR) is 100 cm³/mol. The number of halogens is 3. The number of hydrogen-bond acceptors (Lipinski definition) is 5. The molecule has 1 aromatic heterocycles. The first-order valence-corrected chi connectivity index (χ1v) is 11.2. The zero-order valence-corrected chi connectivity index (χ0v) is 17.6. The van der Waals surface area contributed by atoms with Crippen LogP contribution in [-0.4, -0.2) is 48.9 Å². The molecule has 1 saturated heterocycles. The van der Waals surface area contributed by atoms with Crippen molar-refractivity contribution in [3.63, 3.8) is 0 Å². The molecule has 2 amide bonds. The van der Waals surface area contributed by atoms with E-state index in [4.69, 9.17) is 0 Å². The van der Waals surface area contributed by atoms with Gasteiger partial charge in [0, 0.05) is 30.4 Å². The monoisotopic (exact) mass is 442 g/mol. The van der Waals surface area contributed by atoms with E-state index in [0.717, 1.165) is 10.7 Å². The van der Waals surface area contributed by atoms with E-state index in [1.807, 2.05) is 5.38 Å². The summed E-state index contributed by atoms with van der Waals surface area (Å²) in [5, 5.41) is 8.24. The van der Waals surface area contributed by atoms with Crippen molar-refractivity contribution in [3.8, 4) is 0 Å². The third-order valence-electron chi connectivity index (χ3n) is 4.38. The molecule has 1 aliphatic heterocycles. The maximum atomic E-state index is 12.6. The number of urea groups is 1. The molecule has 12 heteroatoms. The number of hydrogen-bond donors (Lipinski definition) is 2. The van der Waals surface area contributed by atoms with Crippen molar-refractivity contribution in [3.05, 3.63) is 16.1 Å². The minimum Gasteiger partial charge on any atom is -0.338 e. The zero-order chi connectivity index (χ0) is 21.2. The summed E-state index contributed by atoms with van der Waals surface area (Å²) in [6.45, 7) is 6.31. The smallest absolute Gasteiger partial charge is 0.338 e. The SMILES string of the molecule is CC(C)(C)c1nc(CNC(=O)NCC2CCN(S(=O)(=O)C(F)(F)F)CC2)cs1. The maximum Gasteiger partial charge on any atom is 0.511 e. The quantitative estimate of drug-likeness (QED) is 0.734. The molecule has 0 saturated carbocycles. The number of sulfonamides is 1. The number of aromatic nitrogens is 1. The normalized spacial score (nSPS) is 17.5. The van der Waals surface area contributed by atoms with E-state index in [1.54, 1.807) is 0 Å². The van der Waals surface area contributed by atoms with E-state index in [2.05, 4.69) is 36.4 Å². The van der Waals surface area contributed by atoms with Crippen LogP contribution in [0.4, 0.5) is 18.0 Å². The summed E-state index contributed by atoms with van der Waals surface area (Å²) in [7, 11) is -5.27. The second-order valence-corrected chi connectivity index (χ2v) is 10.5. The number of thiazole rings is 1. The van der Waals surface area contributed by atoms with Crippen molar-refractivity contribution in [2.24, 2.45) is 5.92 Å². The molecule has 2 N–H and O–H groups in total. The van der Waals surface area contributed by atoms with Gasteiger partial charge in [0.05, 0.1) is 17.2 Å². The highest BCUT2D eigenvalue weighted by molar-refractivity contribution is 7.90. The molecule has 0 aromatic carbocycles. The summed E-state index contributed by atoms with van der Waals surface area (Å²) >= 11 is 1.53. The van der Waals surface area contributed by atoms with Crippen LogP contribution in [0, 0.1) is 5.92 Å². The molecule has 1 fully saturated rings. The van der Waals surface area contributed by atoms with Crippen molar-refractivity contribution in [1.82, 2.24) is 19.9 Å². The van der Waals surface area contributed by atoms with Gasteiger partial charge in [0.1, 0.15) is 0 Å². The van der Waals surface area contributed by atoms with Crippen LogP contribution >= 0.6 is 11.3 Å². The first-order chi connectivity index (χ1) is 12.8. The topological polar surface area (TPSA) is 91.4 Å². The Morgan fingerprint density at radius 1 is 1.25 bits per heavy atom. The highest BCUT2D eigenvalue weighted by atomic mass is 32.2. The van der Waals surface area contributed by atoms with Crippen molar-refractivity contribution >= 4 is 27.4 Å². The summed E-state index contributed by atoms with van der Waals surface area (Å²) in [5.74, 6) is -0.0720. The summed E-state index contributed by atoms with van der Waals surface area (Å²) in [4.78, 5) is 16.4. The van der Waals surface area contributed by atoms with Crippen LogP contribution in [0.2, 0.25) is 0 Å².